The average molecular weight is 864 g/mol. The van der Waals surface area contributed by atoms with E-state index in [0.29, 0.717) is 0 Å². The molecular formula is C64H53N3. The lowest BCUT2D eigenvalue weighted by molar-refractivity contribution is 0.921. The topological polar surface area (TPSA) is 21.9 Å². The molecule has 7 aromatic carbocycles. The lowest BCUT2D eigenvalue weighted by Gasteiger charge is -2.18. The van der Waals surface area contributed by atoms with Crippen LogP contribution in [0.3, 0.4) is 0 Å². The predicted octanol–water partition coefficient (Wildman–Crippen LogP) is 15.8. The van der Waals surface area contributed by atoms with Crippen LogP contribution in [-0.2, 0) is 6.42 Å². The van der Waals surface area contributed by atoms with Crippen molar-refractivity contribution in [2.45, 2.75) is 26.2 Å². The zero-order valence-electron chi connectivity index (χ0n) is 38.2. The molecule has 3 heteroatoms. The maximum atomic E-state index is 3.32. The van der Waals surface area contributed by atoms with Crippen LogP contribution >= 0.6 is 0 Å². The monoisotopic (exact) mass is 863 g/mol. The van der Waals surface area contributed by atoms with Gasteiger partial charge in [-0.2, -0.15) is 0 Å². The maximum absolute atomic E-state index is 3.32. The van der Waals surface area contributed by atoms with E-state index < -0.39 is 0 Å². The van der Waals surface area contributed by atoms with E-state index in [4.69, 9.17) is 0 Å². The Morgan fingerprint density at radius 2 is 1.21 bits per heavy atom. The Hall–Kier alpha value is -7.98. The van der Waals surface area contributed by atoms with Crippen LogP contribution in [0, 0.1) is 0 Å². The molecule has 0 spiro atoms. The van der Waals surface area contributed by atoms with Crippen LogP contribution in [0.15, 0.2) is 230 Å². The van der Waals surface area contributed by atoms with Crippen molar-refractivity contribution in [2.24, 2.45) is 0 Å². The van der Waals surface area contributed by atoms with Gasteiger partial charge in [-0.25, -0.2) is 0 Å². The molecule has 2 heterocycles. The molecule has 2 aromatic heterocycles. The number of nitrogens with zero attached hydrogens (tertiary/aromatic N) is 2. The number of hydrogen-bond acceptors (Lipinski definition) is 1. The van der Waals surface area contributed by atoms with Crippen molar-refractivity contribution in [3.8, 4) is 11.4 Å². The normalized spacial score (nSPS) is 14.9. The molecule has 0 atom stereocenters. The Balaban J connectivity index is 0.997. The molecule has 2 aliphatic carbocycles. The summed E-state index contributed by atoms with van der Waals surface area (Å²) in [4.78, 5) is 0. The van der Waals surface area contributed by atoms with Gasteiger partial charge in [0.1, 0.15) is 0 Å². The zero-order valence-corrected chi connectivity index (χ0v) is 38.2. The van der Waals surface area contributed by atoms with Gasteiger partial charge in [0.25, 0.3) is 0 Å². The molecule has 0 aliphatic heterocycles. The Kier molecular flexibility index (Phi) is 11.5. The molecule has 11 rings (SSSR count). The first kappa shape index (κ1) is 41.7. The summed E-state index contributed by atoms with van der Waals surface area (Å²) < 4.78 is 4.93. The third-order valence-corrected chi connectivity index (χ3v) is 13.5. The summed E-state index contributed by atoms with van der Waals surface area (Å²) in [6.07, 6.45) is 23.1. The summed E-state index contributed by atoms with van der Waals surface area (Å²) in [6.45, 7) is 2.88. The van der Waals surface area contributed by atoms with Crippen molar-refractivity contribution in [2.75, 3.05) is 13.6 Å². The second kappa shape index (κ2) is 18.5. The number of fused-ring (bicyclic) bond motifs is 6. The number of nitrogens with one attached hydrogen (secondary N) is 1. The van der Waals surface area contributed by atoms with Crippen LogP contribution in [-0.4, -0.2) is 22.7 Å². The van der Waals surface area contributed by atoms with E-state index in [-0.39, 0.29) is 0 Å². The van der Waals surface area contributed by atoms with E-state index >= 15 is 0 Å². The highest BCUT2D eigenvalue weighted by molar-refractivity contribution is 6.10. The molecule has 9 aromatic rings. The van der Waals surface area contributed by atoms with Gasteiger partial charge in [-0.1, -0.05) is 176 Å². The SMILES string of the molecule is C/C=C\C(=C1\C=CC=CC1)c1ccc(-n2c3ccccc3c3ccc(C4=Cc5c(c6ccccc6n5-c5ccc(/C(=C\C(=C/CNC)c6ccccc6)c6ccccc6)cc5)CC4)cc32)cc1. The first-order valence-corrected chi connectivity index (χ1v) is 23.6. The van der Waals surface area contributed by atoms with Gasteiger partial charge in [0.2, 0.25) is 0 Å². The van der Waals surface area contributed by atoms with Crippen molar-refractivity contribution in [3.05, 3.63) is 269 Å². The minimum atomic E-state index is 0.779. The molecule has 0 amide bonds. The number of aromatic nitrogens is 2. The minimum absolute atomic E-state index is 0.779. The summed E-state index contributed by atoms with van der Waals surface area (Å²) >= 11 is 0. The Bertz CT molecular complexity index is 3510. The number of allylic oxidation sites excluding steroid dienone is 11. The van der Waals surface area contributed by atoms with Crippen LogP contribution in [0.2, 0.25) is 0 Å². The summed E-state index contributed by atoms with van der Waals surface area (Å²) in [5.74, 6) is 0. The van der Waals surface area contributed by atoms with Crippen LogP contribution < -0.4 is 5.32 Å². The highest BCUT2D eigenvalue weighted by Gasteiger charge is 2.23. The fourth-order valence-electron chi connectivity index (χ4n) is 10.2. The summed E-state index contributed by atoms with van der Waals surface area (Å²) in [6, 6.07) is 64.7. The first-order chi connectivity index (χ1) is 33.2. The average Bonchev–Trinajstić information content (AvgIpc) is 3.91. The second-order valence-corrected chi connectivity index (χ2v) is 17.5. The molecule has 0 saturated carbocycles. The molecule has 324 valence electrons. The van der Waals surface area contributed by atoms with E-state index in [2.05, 4.69) is 252 Å². The van der Waals surface area contributed by atoms with Gasteiger partial charge in [0, 0.05) is 34.1 Å². The van der Waals surface area contributed by atoms with Crippen LogP contribution in [0.4, 0.5) is 0 Å². The number of aryl methyl sites for hydroxylation is 1. The minimum Gasteiger partial charge on any atom is -0.316 e. The third-order valence-electron chi connectivity index (χ3n) is 13.5. The van der Waals surface area contributed by atoms with Gasteiger partial charge in [-0.05, 0) is 149 Å². The van der Waals surface area contributed by atoms with E-state index in [1.165, 1.54) is 99.6 Å². The van der Waals surface area contributed by atoms with Crippen molar-refractivity contribution < 1.29 is 0 Å². The highest BCUT2D eigenvalue weighted by Crippen LogP contribution is 2.41. The molecule has 0 radical (unpaired) electrons. The van der Waals surface area contributed by atoms with Gasteiger partial charge in [0.05, 0.1) is 22.2 Å². The standard InChI is InChI=1S/C64H53N3/c1-3-17-55(46-20-9-5-10-21-46)48-28-34-53(35-29-48)66-61-26-15-13-24-56(61)58-38-32-50(43-63(58)66)51-33-39-59-57-25-14-16-27-62(57)67(64(59)44-51)54-36-30-49(31-37-54)60(47-22-11-6-12-23-47)42-52(40-41-65-2)45-18-7-4-8-19-45/h3-20,22-32,34-38,40,42-44,65H,21,33,39,41H2,1-2H3/b17-3-,52-40+,55-46+,60-42-. The lowest BCUT2D eigenvalue weighted by atomic mass is 9.90. The Morgan fingerprint density at radius 1 is 0.582 bits per heavy atom. The van der Waals surface area contributed by atoms with Crippen LogP contribution in [0.25, 0.3) is 72.5 Å². The maximum Gasteiger partial charge on any atom is 0.0547 e. The van der Waals surface area contributed by atoms with Gasteiger partial charge in [-0.15, -0.1) is 0 Å². The fraction of sp³-hybridized carbons (Fsp3) is 0.0938. The molecule has 0 unspecified atom stereocenters. The quantitative estimate of drug-likeness (QED) is 0.129. The van der Waals surface area contributed by atoms with Gasteiger partial charge in [0.15, 0.2) is 0 Å². The number of hydrogen-bond donors (Lipinski definition) is 1. The number of rotatable bonds is 11. The molecular weight excluding hydrogens is 811 g/mol. The smallest absolute Gasteiger partial charge is 0.0547 e. The lowest BCUT2D eigenvalue weighted by Crippen LogP contribution is -2.05. The number of benzene rings is 7. The molecule has 3 nitrogen and oxygen atoms in total. The van der Waals surface area contributed by atoms with E-state index in [1.54, 1.807) is 0 Å². The van der Waals surface area contributed by atoms with Crippen molar-refractivity contribution in [3.63, 3.8) is 0 Å². The van der Waals surface area contributed by atoms with Gasteiger partial charge >= 0.3 is 0 Å². The highest BCUT2D eigenvalue weighted by atomic mass is 15.0. The summed E-state index contributed by atoms with van der Waals surface area (Å²) in [7, 11) is 1.99. The first-order valence-electron chi connectivity index (χ1n) is 23.6. The summed E-state index contributed by atoms with van der Waals surface area (Å²) in [5.41, 5.74) is 21.1. The molecule has 0 bridgehead atoms. The van der Waals surface area contributed by atoms with E-state index in [9.17, 15) is 0 Å². The molecule has 0 saturated heterocycles. The summed E-state index contributed by atoms with van der Waals surface area (Å²) in [5, 5.41) is 7.17. The van der Waals surface area contributed by atoms with E-state index in [0.717, 1.165) is 37.2 Å². The van der Waals surface area contributed by atoms with E-state index in [1.807, 2.05) is 7.05 Å². The largest absolute Gasteiger partial charge is 0.316 e. The van der Waals surface area contributed by atoms with Crippen molar-refractivity contribution in [1.29, 1.82) is 0 Å². The predicted molar refractivity (Wildman–Crippen MR) is 287 cm³/mol. The number of likely N-dealkylation sites (N-methyl/N-ethyl adjacent to an activating group) is 1. The fourth-order valence-corrected chi connectivity index (χ4v) is 10.2. The van der Waals surface area contributed by atoms with Crippen molar-refractivity contribution >= 4 is 61.1 Å². The zero-order chi connectivity index (χ0) is 45.1. The Labute approximate surface area is 394 Å². The van der Waals surface area contributed by atoms with Crippen LogP contribution in [0.5, 0.6) is 0 Å². The second-order valence-electron chi connectivity index (χ2n) is 17.5. The molecule has 1 N–H and O–H groups in total. The molecule has 0 fully saturated rings. The van der Waals surface area contributed by atoms with Gasteiger partial charge in [-0.3, -0.25) is 0 Å². The Morgan fingerprint density at radius 3 is 1.91 bits per heavy atom. The van der Waals surface area contributed by atoms with Gasteiger partial charge < -0.3 is 14.5 Å². The molecule has 2 aliphatic rings. The van der Waals surface area contributed by atoms with Crippen molar-refractivity contribution in [1.82, 2.24) is 14.5 Å². The van der Waals surface area contributed by atoms with Crippen LogP contribution in [0.1, 0.15) is 58.8 Å². The molecule has 67 heavy (non-hydrogen) atoms. The third kappa shape index (κ3) is 7.98. The number of para-hydroxylation sites is 2.